The normalized spacial score (nSPS) is 29.0. The second-order valence-corrected chi connectivity index (χ2v) is 6.29. The zero-order valence-corrected chi connectivity index (χ0v) is 12.3. The molecule has 21 heavy (non-hydrogen) atoms. The minimum absolute atomic E-state index is 0.195. The first-order valence-electron chi connectivity index (χ1n) is 7.75. The number of hydrogen-bond donors (Lipinski definition) is 1. The van der Waals surface area contributed by atoms with Crippen molar-refractivity contribution in [3.05, 3.63) is 53.6 Å². The predicted molar refractivity (Wildman–Crippen MR) is 80.9 cm³/mol. The van der Waals surface area contributed by atoms with E-state index in [0.717, 1.165) is 37.4 Å². The van der Waals surface area contributed by atoms with Crippen molar-refractivity contribution in [3.63, 3.8) is 0 Å². The van der Waals surface area contributed by atoms with Crippen LogP contribution in [0.5, 0.6) is 0 Å². The minimum Gasteiger partial charge on any atom is -0.387 e. The molecule has 0 fully saturated rings. The third kappa shape index (κ3) is 2.10. The van der Waals surface area contributed by atoms with Crippen LogP contribution >= 0.6 is 0 Å². The molecule has 1 N–H and O–H groups in total. The highest BCUT2D eigenvalue weighted by atomic mass is 16.3. The molecular formula is C17H21N3O. The van der Waals surface area contributed by atoms with Crippen molar-refractivity contribution in [2.75, 3.05) is 6.54 Å². The van der Waals surface area contributed by atoms with E-state index in [4.69, 9.17) is 0 Å². The molecular weight excluding hydrogens is 262 g/mol. The number of imidazole rings is 1. The van der Waals surface area contributed by atoms with Crippen LogP contribution < -0.4 is 0 Å². The Bertz CT molecular complexity index is 651. The molecule has 4 rings (SSSR count). The minimum atomic E-state index is -0.390. The average Bonchev–Trinajstić information content (AvgIpc) is 2.98. The lowest BCUT2D eigenvalue weighted by Crippen LogP contribution is -2.46. The van der Waals surface area contributed by atoms with Gasteiger partial charge in [0.15, 0.2) is 0 Å². The standard InChI is InChI=1S/C17H21N3O/c1-12-10-15(17(21)14-5-3-2-4-13(12)14)20-9-8-19-7-6-18-16(19)11-20/h2-7,12,15,17,21H,8-11H2,1H3. The molecule has 4 heteroatoms. The van der Waals surface area contributed by atoms with Gasteiger partial charge in [-0.15, -0.1) is 0 Å². The zero-order chi connectivity index (χ0) is 14.4. The summed E-state index contributed by atoms with van der Waals surface area (Å²) < 4.78 is 2.21. The molecule has 2 aromatic rings. The van der Waals surface area contributed by atoms with Gasteiger partial charge >= 0.3 is 0 Å². The molecule has 3 unspecified atom stereocenters. The second kappa shape index (κ2) is 4.97. The lowest BCUT2D eigenvalue weighted by atomic mass is 9.78. The highest BCUT2D eigenvalue weighted by Crippen LogP contribution is 2.40. The first kappa shape index (κ1) is 13.0. The first-order valence-corrected chi connectivity index (χ1v) is 7.75. The number of nitrogens with zero attached hydrogens (tertiary/aromatic N) is 3. The highest BCUT2D eigenvalue weighted by Gasteiger charge is 2.36. The molecule has 0 radical (unpaired) electrons. The summed E-state index contributed by atoms with van der Waals surface area (Å²) in [5, 5.41) is 10.8. The van der Waals surface area contributed by atoms with Gasteiger partial charge in [0.2, 0.25) is 0 Å². The van der Waals surface area contributed by atoms with Gasteiger partial charge in [0.25, 0.3) is 0 Å². The van der Waals surface area contributed by atoms with Gasteiger partial charge in [-0.05, 0) is 23.5 Å². The maximum atomic E-state index is 10.8. The lowest BCUT2D eigenvalue weighted by molar-refractivity contribution is 0.0163. The third-order valence-electron chi connectivity index (χ3n) is 5.05. The largest absolute Gasteiger partial charge is 0.387 e. The summed E-state index contributed by atoms with van der Waals surface area (Å²) in [5.41, 5.74) is 2.41. The van der Waals surface area contributed by atoms with Crippen LogP contribution in [0.2, 0.25) is 0 Å². The molecule has 0 amide bonds. The van der Waals surface area contributed by atoms with Crippen molar-refractivity contribution >= 4 is 0 Å². The Morgan fingerprint density at radius 1 is 1.19 bits per heavy atom. The van der Waals surface area contributed by atoms with Gasteiger partial charge in [0, 0.05) is 31.5 Å². The molecule has 1 aromatic heterocycles. The summed E-state index contributed by atoms with van der Waals surface area (Å²) in [4.78, 5) is 6.83. The highest BCUT2D eigenvalue weighted by molar-refractivity contribution is 5.35. The maximum Gasteiger partial charge on any atom is 0.122 e. The van der Waals surface area contributed by atoms with Crippen molar-refractivity contribution in [1.29, 1.82) is 0 Å². The van der Waals surface area contributed by atoms with E-state index in [1.54, 1.807) is 0 Å². The van der Waals surface area contributed by atoms with E-state index >= 15 is 0 Å². The van der Waals surface area contributed by atoms with E-state index in [9.17, 15) is 5.11 Å². The second-order valence-electron chi connectivity index (χ2n) is 6.29. The molecule has 1 aliphatic carbocycles. The van der Waals surface area contributed by atoms with Crippen LogP contribution in [-0.2, 0) is 13.1 Å². The van der Waals surface area contributed by atoms with Crippen LogP contribution in [0.4, 0.5) is 0 Å². The Morgan fingerprint density at radius 2 is 2.00 bits per heavy atom. The van der Waals surface area contributed by atoms with E-state index in [1.165, 1.54) is 5.56 Å². The van der Waals surface area contributed by atoms with E-state index < -0.39 is 0 Å². The smallest absolute Gasteiger partial charge is 0.122 e. The molecule has 0 saturated carbocycles. The van der Waals surface area contributed by atoms with Gasteiger partial charge in [-0.1, -0.05) is 31.2 Å². The van der Waals surface area contributed by atoms with Crippen molar-refractivity contribution in [2.24, 2.45) is 0 Å². The summed E-state index contributed by atoms with van der Waals surface area (Å²) in [6.07, 6.45) is 4.54. The summed E-state index contributed by atoms with van der Waals surface area (Å²) in [5.74, 6) is 1.61. The molecule has 0 saturated heterocycles. The quantitative estimate of drug-likeness (QED) is 0.873. The van der Waals surface area contributed by atoms with E-state index in [-0.39, 0.29) is 12.1 Å². The van der Waals surface area contributed by atoms with Crippen molar-refractivity contribution in [2.45, 2.75) is 44.5 Å². The number of benzene rings is 1. The Morgan fingerprint density at radius 3 is 2.86 bits per heavy atom. The number of fused-ring (bicyclic) bond motifs is 2. The summed E-state index contributed by atoms with van der Waals surface area (Å²) in [7, 11) is 0. The maximum absolute atomic E-state index is 10.8. The fourth-order valence-corrected chi connectivity index (χ4v) is 3.88. The molecule has 2 aliphatic rings. The number of aliphatic hydroxyl groups excluding tert-OH is 1. The van der Waals surface area contributed by atoms with Crippen LogP contribution in [0.1, 0.15) is 42.3 Å². The summed E-state index contributed by atoms with van der Waals surface area (Å²) in [6, 6.07) is 8.52. The zero-order valence-electron chi connectivity index (χ0n) is 12.3. The van der Waals surface area contributed by atoms with Gasteiger partial charge in [-0.3, -0.25) is 4.90 Å². The Kier molecular flexibility index (Phi) is 3.08. The molecule has 4 nitrogen and oxygen atoms in total. The SMILES string of the molecule is CC1CC(N2CCn3ccnc3C2)C(O)c2ccccc21. The lowest BCUT2D eigenvalue weighted by Gasteiger charge is -2.42. The summed E-state index contributed by atoms with van der Waals surface area (Å²) >= 11 is 0. The van der Waals surface area contributed by atoms with Crippen LogP contribution in [0.25, 0.3) is 0 Å². The van der Waals surface area contributed by atoms with Crippen molar-refractivity contribution < 1.29 is 5.11 Å². The molecule has 3 atom stereocenters. The summed E-state index contributed by atoms with van der Waals surface area (Å²) in [6.45, 7) is 5.06. The van der Waals surface area contributed by atoms with Gasteiger partial charge in [-0.25, -0.2) is 4.98 Å². The third-order valence-corrected chi connectivity index (χ3v) is 5.05. The predicted octanol–water partition coefficient (Wildman–Crippen LogP) is 2.31. The number of aliphatic hydroxyl groups is 1. The Balaban J connectivity index is 1.63. The van der Waals surface area contributed by atoms with E-state index in [2.05, 4.69) is 39.6 Å². The van der Waals surface area contributed by atoms with Gasteiger partial charge in [0.1, 0.15) is 5.82 Å². The van der Waals surface area contributed by atoms with E-state index in [1.807, 2.05) is 18.5 Å². The molecule has 2 heterocycles. The topological polar surface area (TPSA) is 41.3 Å². The molecule has 0 bridgehead atoms. The van der Waals surface area contributed by atoms with Crippen LogP contribution in [0.15, 0.2) is 36.7 Å². The monoisotopic (exact) mass is 283 g/mol. The van der Waals surface area contributed by atoms with Gasteiger partial charge in [0.05, 0.1) is 12.6 Å². The molecule has 0 spiro atoms. The molecule has 1 aromatic carbocycles. The molecule has 110 valence electrons. The van der Waals surface area contributed by atoms with Crippen LogP contribution in [0.3, 0.4) is 0 Å². The van der Waals surface area contributed by atoms with Gasteiger partial charge < -0.3 is 9.67 Å². The number of rotatable bonds is 1. The van der Waals surface area contributed by atoms with Crippen LogP contribution in [-0.4, -0.2) is 32.1 Å². The average molecular weight is 283 g/mol. The fraction of sp³-hybridized carbons (Fsp3) is 0.471. The van der Waals surface area contributed by atoms with Gasteiger partial charge in [-0.2, -0.15) is 0 Å². The molecule has 1 aliphatic heterocycles. The number of hydrogen-bond acceptors (Lipinski definition) is 3. The van der Waals surface area contributed by atoms with Crippen molar-refractivity contribution in [1.82, 2.24) is 14.5 Å². The Hall–Kier alpha value is -1.65. The fourth-order valence-electron chi connectivity index (χ4n) is 3.88. The van der Waals surface area contributed by atoms with Crippen molar-refractivity contribution in [3.8, 4) is 0 Å². The first-order chi connectivity index (χ1) is 10.2. The van der Waals surface area contributed by atoms with E-state index in [0.29, 0.717) is 5.92 Å². The number of aromatic nitrogens is 2. The Labute approximate surface area is 125 Å². The van der Waals surface area contributed by atoms with Crippen LogP contribution in [0, 0.1) is 0 Å².